The standard InChI is InChI=1S/C16H23NO4/c17-14(16(20)21)11-13(15(18)19)10-6-2-5-9-12-7-3-1-4-8-12/h1,3-4,7-8,13-14H,2,5-6,9-11,17H2,(H,18,19)(H,20,21)/t13-,14-/m0/s1. The Balaban J connectivity index is 2.24. The van der Waals surface area contributed by atoms with Crippen molar-refractivity contribution in [3.63, 3.8) is 0 Å². The van der Waals surface area contributed by atoms with Gasteiger partial charge in [-0.25, -0.2) is 0 Å². The second kappa shape index (κ2) is 9.13. The van der Waals surface area contributed by atoms with Crippen LogP contribution in [0.5, 0.6) is 0 Å². The smallest absolute Gasteiger partial charge is 0.320 e. The summed E-state index contributed by atoms with van der Waals surface area (Å²) in [4.78, 5) is 21.8. The number of hydrogen-bond donors (Lipinski definition) is 3. The fraction of sp³-hybridized carbons (Fsp3) is 0.500. The van der Waals surface area contributed by atoms with Gasteiger partial charge in [-0.3, -0.25) is 9.59 Å². The molecular formula is C16H23NO4. The highest BCUT2D eigenvalue weighted by atomic mass is 16.4. The van der Waals surface area contributed by atoms with Gasteiger partial charge in [0, 0.05) is 0 Å². The second-order valence-electron chi connectivity index (χ2n) is 5.30. The third-order valence-electron chi connectivity index (χ3n) is 3.57. The van der Waals surface area contributed by atoms with Crippen LogP contribution >= 0.6 is 0 Å². The molecule has 0 radical (unpaired) electrons. The van der Waals surface area contributed by atoms with Gasteiger partial charge in [0.25, 0.3) is 0 Å². The predicted octanol–water partition coefficient (Wildman–Crippen LogP) is 2.29. The molecule has 0 aliphatic carbocycles. The van der Waals surface area contributed by atoms with Gasteiger partial charge in [-0.1, -0.05) is 43.2 Å². The summed E-state index contributed by atoms with van der Waals surface area (Å²) >= 11 is 0. The van der Waals surface area contributed by atoms with Crippen LogP contribution in [-0.2, 0) is 16.0 Å². The van der Waals surface area contributed by atoms with Gasteiger partial charge >= 0.3 is 11.9 Å². The van der Waals surface area contributed by atoms with Crippen LogP contribution in [0.15, 0.2) is 30.3 Å². The molecule has 2 atom stereocenters. The Morgan fingerprint density at radius 1 is 1.00 bits per heavy atom. The van der Waals surface area contributed by atoms with Gasteiger partial charge in [0.05, 0.1) is 5.92 Å². The van der Waals surface area contributed by atoms with Crippen molar-refractivity contribution < 1.29 is 19.8 Å². The van der Waals surface area contributed by atoms with Crippen LogP contribution in [0.4, 0.5) is 0 Å². The lowest BCUT2D eigenvalue weighted by atomic mass is 9.93. The van der Waals surface area contributed by atoms with E-state index in [1.165, 1.54) is 5.56 Å². The Labute approximate surface area is 124 Å². The minimum absolute atomic E-state index is 0.0106. The Morgan fingerprint density at radius 2 is 1.67 bits per heavy atom. The van der Waals surface area contributed by atoms with Crippen LogP contribution in [0.3, 0.4) is 0 Å². The number of unbranched alkanes of at least 4 members (excludes halogenated alkanes) is 2. The number of hydrogen-bond acceptors (Lipinski definition) is 3. The van der Waals surface area contributed by atoms with Crippen molar-refractivity contribution in [3.8, 4) is 0 Å². The average molecular weight is 293 g/mol. The molecule has 0 bridgehead atoms. The van der Waals surface area contributed by atoms with E-state index in [9.17, 15) is 9.59 Å². The van der Waals surface area contributed by atoms with E-state index in [2.05, 4.69) is 12.1 Å². The van der Waals surface area contributed by atoms with Crippen molar-refractivity contribution in [2.75, 3.05) is 0 Å². The maximum atomic E-state index is 11.1. The van der Waals surface area contributed by atoms with Crippen LogP contribution in [0, 0.1) is 5.92 Å². The predicted molar refractivity (Wildman–Crippen MR) is 80.0 cm³/mol. The SMILES string of the molecule is N[C@@H](C[C@H](CCCCCc1ccccc1)C(=O)O)C(=O)O. The van der Waals surface area contributed by atoms with Crippen molar-refractivity contribution in [3.05, 3.63) is 35.9 Å². The zero-order chi connectivity index (χ0) is 15.7. The first-order chi connectivity index (χ1) is 10.0. The lowest BCUT2D eigenvalue weighted by Crippen LogP contribution is -2.34. The first kappa shape index (κ1) is 17.2. The topological polar surface area (TPSA) is 101 Å². The van der Waals surface area contributed by atoms with Gasteiger partial charge in [-0.2, -0.15) is 0 Å². The van der Waals surface area contributed by atoms with E-state index < -0.39 is 23.9 Å². The lowest BCUT2D eigenvalue weighted by molar-refractivity contribution is -0.143. The Bertz CT molecular complexity index is 447. The molecule has 0 unspecified atom stereocenters. The summed E-state index contributed by atoms with van der Waals surface area (Å²) in [5.41, 5.74) is 6.68. The van der Waals surface area contributed by atoms with Gasteiger partial charge in [0.15, 0.2) is 0 Å². The molecule has 5 nitrogen and oxygen atoms in total. The van der Waals surface area contributed by atoms with Crippen molar-refractivity contribution in [1.29, 1.82) is 0 Å². The first-order valence-electron chi connectivity index (χ1n) is 7.26. The summed E-state index contributed by atoms with van der Waals surface area (Å²) in [5, 5.41) is 17.8. The largest absolute Gasteiger partial charge is 0.481 e. The Hall–Kier alpha value is -1.88. The Morgan fingerprint density at radius 3 is 2.24 bits per heavy atom. The van der Waals surface area contributed by atoms with Gasteiger partial charge in [0.1, 0.15) is 6.04 Å². The number of benzene rings is 1. The summed E-state index contributed by atoms with van der Waals surface area (Å²) in [6.45, 7) is 0. The molecule has 0 saturated carbocycles. The maximum absolute atomic E-state index is 11.1. The molecule has 0 fully saturated rings. The molecule has 0 heterocycles. The highest BCUT2D eigenvalue weighted by molar-refractivity contribution is 5.75. The second-order valence-corrected chi connectivity index (χ2v) is 5.30. The van der Waals surface area contributed by atoms with E-state index in [1.807, 2.05) is 18.2 Å². The van der Waals surface area contributed by atoms with Crippen LogP contribution in [0.25, 0.3) is 0 Å². The fourth-order valence-corrected chi connectivity index (χ4v) is 2.29. The van der Waals surface area contributed by atoms with Crippen LogP contribution in [0.1, 0.15) is 37.7 Å². The quantitative estimate of drug-likeness (QED) is 0.575. The zero-order valence-electron chi connectivity index (χ0n) is 12.1. The van der Waals surface area contributed by atoms with Crippen LogP contribution in [0.2, 0.25) is 0 Å². The molecule has 0 saturated heterocycles. The lowest BCUT2D eigenvalue weighted by Gasteiger charge is -2.14. The number of carbonyl (C=O) groups is 2. The number of carboxylic acids is 2. The summed E-state index contributed by atoms with van der Waals surface area (Å²) in [6.07, 6.45) is 4.15. The van der Waals surface area contributed by atoms with Crippen molar-refractivity contribution in [1.82, 2.24) is 0 Å². The highest BCUT2D eigenvalue weighted by Gasteiger charge is 2.23. The fourth-order valence-electron chi connectivity index (χ4n) is 2.29. The molecule has 0 amide bonds. The van der Waals surface area contributed by atoms with Crippen molar-refractivity contribution >= 4 is 11.9 Å². The highest BCUT2D eigenvalue weighted by Crippen LogP contribution is 2.17. The van der Waals surface area contributed by atoms with Gasteiger partial charge in [-0.15, -0.1) is 0 Å². The summed E-state index contributed by atoms with van der Waals surface area (Å²) < 4.78 is 0. The van der Waals surface area contributed by atoms with Crippen molar-refractivity contribution in [2.24, 2.45) is 11.7 Å². The molecule has 21 heavy (non-hydrogen) atoms. The van der Waals surface area contributed by atoms with Gasteiger partial charge in [0.2, 0.25) is 0 Å². The minimum atomic E-state index is -1.15. The third-order valence-corrected chi connectivity index (χ3v) is 3.57. The maximum Gasteiger partial charge on any atom is 0.320 e. The molecule has 4 N–H and O–H groups in total. The number of aryl methyl sites for hydroxylation is 1. The minimum Gasteiger partial charge on any atom is -0.481 e. The molecule has 116 valence electrons. The zero-order valence-corrected chi connectivity index (χ0v) is 12.1. The number of rotatable bonds is 10. The molecule has 1 aromatic rings. The Kier molecular flexibility index (Phi) is 7.46. The molecule has 0 aromatic heterocycles. The molecule has 5 heteroatoms. The van der Waals surface area contributed by atoms with Gasteiger partial charge < -0.3 is 15.9 Å². The van der Waals surface area contributed by atoms with Crippen LogP contribution in [-0.4, -0.2) is 28.2 Å². The molecule has 0 aliphatic heterocycles. The molecular weight excluding hydrogens is 270 g/mol. The van der Waals surface area contributed by atoms with Gasteiger partial charge in [-0.05, 0) is 31.2 Å². The summed E-state index contributed by atoms with van der Waals surface area (Å²) in [5.74, 6) is -2.78. The van der Waals surface area contributed by atoms with E-state index >= 15 is 0 Å². The van der Waals surface area contributed by atoms with E-state index in [-0.39, 0.29) is 6.42 Å². The van der Waals surface area contributed by atoms with E-state index in [4.69, 9.17) is 15.9 Å². The van der Waals surface area contributed by atoms with E-state index in [0.717, 1.165) is 25.7 Å². The van der Waals surface area contributed by atoms with Crippen molar-refractivity contribution in [2.45, 2.75) is 44.6 Å². The number of nitrogens with two attached hydrogens (primary N) is 1. The third kappa shape index (κ3) is 6.90. The molecule has 0 aliphatic rings. The summed E-state index contributed by atoms with van der Waals surface area (Å²) in [6, 6.07) is 9.03. The van der Waals surface area contributed by atoms with E-state index in [1.54, 1.807) is 0 Å². The summed E-state index contributed by atoms with van der Waals surface area (Å²) in [7, 11) is 0. The number of aliphatic carboxylic acids is 2. The average Bonchev–Trinajstić information content (AvgIpc) is 2.46. The molecule has 1 aromatic carbocycles. The normalized spacial score (nSPS) is 13.6. The molecule has 0 spiro atoms. The monoisotopic (exact) mass is 293 g/mol. The first-order valence-corrected chi connectivity index (χ1v) is 7.26. The van der Waals surface area contributed by atoms with E-state index in [0.29, 0.717) is 6.42 Å². The molecule has 1 rings (SSSR count). The van der Waals surface area contributed by atoms with Crippen LogP contribution < -0.4 is 5.73 Å². The number of carboxylic acid groups (broad SMARTS) is 2.